The highest BCUT2D eigenvalue weighted by Crippen LogP contribution is 2.41. The van der Waals surface area contributed by atoms with E-state index in [0.717, 1.165) is 0 Å². The molecule has 1 atom stereocenters. The maximum absolute atomic E-state index is 11.1. The van der Waals surface area contributed by atoms with E-state index < -0.39 is 12.0 Å². The molecular weight excluding hydrogens is 250 g/mol. The van der Waals surface area contributed by atoms with Gasteiger partial charge in [0.25, 0.3) is 0 Å². The van der Waals surface area contributed by atoms with Gasteiger partial charge in [-0.25, -0.2) is 4.79 Å². The monoisotopic (exact) mass is 269 g/mol. The first-order chi connectivity index (χ1) is 8.96. The lowest BCUT2D eigenvalue weighted by Gasteiger charge is -2.27. The molecule has 0 aliphatic heterocycles. The lowest BCUT2D eigenvalue weighted by atomic mass is 10.2. The predicted octanol–water partition coefficient (Wildman–Crippen LogP) is 1.62. The van der Waals surface area contributed by atoms with Crippen molar-refractivity contribution in [2.24, 2.45) is 0 Å². The number of carboxylic acid groups (broad SMARTS) is 1. The first-order valence-corrected chi connectivity index (χ1v) is 5.71. The summed E-state index contributed by atoms with van der Waals surface area (Å²) in [6, 6.07) is 2.66. The summed E-state index contributed by atoms with van der Waals surface area (Å²) in [6.45, 7) is 1.59. The van der Waals surface area contributed by atoms with E-state index >= 15 is 0 Å². The van der Waals surface area contributed by atoms with Gasteiger partial charge in [0, 0.05) is 19.2 Å². The Hall–Kier alpha value is -2.11. The van der Waals surface area contributed by atoms with Crippen LogP contribution in [-0.4, -0.2) is 45.5 Å². The van der Waals surface area contributed by atoms with Gasteiger partial charge in [-0.2, -0.15) is 0 Å². The zero-order valence-corrected chi connectivity index (χ0v) is 11.8. The van der Waals surface area contributed by atoms with E-state index in [1.807, 2.05) is 0 Å². The molecule has 0 spiro atoms. The molecule has 1 N–H and O–H groups in total. The first kappa shape index (κ1) is 14.9. The SMILES string of the molecule is COc1cc(OC)c(N(C)C(C)C(=O)O)c(OC)c1. The Labute approximate surface area is 112 Å². The predicted molar refractivity (Wildman–Crippen MR) is 71.6 cm³/mol. The van der Waals surface area contributed by atoms with E-state index in [9.17, 15) is 4.79 Å². The molecule has 106 valence electrons. The van der Waals surface area contributed by atoms with E-state index in [-0.39, 0.29) is 0 Å². The van der Waals surface area contributed by atoms with Crippen LogP contribution in [0.1, 0.15) is 6.92 Å². The van der Waals surface area contributed by atoms with Gasteiger partial charge in [-0.15, -0.1) is 0 Å². The van der Waals surface area contributed by atoms with Gasteiger partial charge in [0.15, 0.2) is 0 Å². The van der Waals surface area contributed by atoms with Crippen molar-refractivity contribution in [1.29, 1.82) is 0 Å². The van der Waals surface area contributed by atoms with Gasteiger partial charge in [0.1, 0.15) is 29.0 Å². The number of carboxylic acids is 1. The second-order valence-electron chi connectivity index (χ2n) is 4.01. The molecule has 0 radical (unpaired) electrons. The van der Waals surface area contributed by atoms with Crippen LogP contribution >= 0.6 is 0 Å². The average Bonchev–Trinajstić information content (AvgIpc) is 2.43. The van der Waals surface area contributed by atoms with Crippen LogP contribution in [-0.2, 0) is 4.79 Å². The van der Waals surface area contributed by atoms with E-state index in [0.29, 0.717) is 22.9 Å². The normalized spacial score (nSPS) is 11.6. The van der Waals surface area contributed by atoms with Gasteiger partial charge >= 0.3 is 5.97 Å². The number of hydrogen-bond donors (Lipinski definition) is 1. The van der Waals surface area contributed by atoms with Gasteiger partial charge in [0.05, 0.1) is 21.3 Å². The van der Waals surface area contributed by atoms with Gasteiger partial charge in [-0.3, -0.25) is 0 Å². The molecule has 1 aromatic carbocycles. The standard InChI is InChI=1S/C13H19NO5/c1-8(13(15)16)14(2)12-10(18-4)6-9(17-3)7-11(12)19-5/h6-8H,1-5H3,(H,15,16). The minimum atomic E-state index is -0.928. The maximum Gasteiger partial charge on any atom is 0.326 e. The molecule has 0 aliphatic carbocycles. The molecule has 19 heavy (non-hydrogen) atoms. The molecule has 0 amide bonds. The molecule has 0 aromatic heterocycles. The van der Waals surface area contributed by atoms with E-state index in [1.165, 1.54) is 21.3 Å². The summed E-state index contributed by atoms with van der Waals surface area (Å²) in [5.74, 6) is 0.634. The number of rotatable bonds is 6. The maximum atomic E-state index is 11.1. The third-order valence-corrected chi connectivity index (χ3v) is 2.98. The summed E-state index contributed by atoms with van der Waals surface area (Å²) < 4.78 is 15.7. The number of benzene rings is 1. The summed E-state index contributed by atoms with van der Waals surface area (Å²) in [5.41, 5.74) is 0.570. The second-order valence-corrected chi connectivity index (χ2v) is 4.01. The Morgan fingerprint density at radius 1 is 1.16 bits per heavy atom. The number of likely N-dealkylation sites (N-methyl/N-ethyl adjacent to an activating group) is 1. The summed E-state index contributed by atoms with van der Waals surface area (Å²) in [4.78, 5) is 12.7. The fraction of sp³-hybridized carbons (Fsp3) is 0.462. The van der Waals surface area contributed by atoms with Crippen molar-refractivity contribution < 1.29 is 24.1 Å². The molecule has 0 aliphatic rings. The van der Waals surface area contributed by atoms with Crippen LogP contribution < -0.4 is 19.1 Å². The van der Waals surface area contributed by atoms with Crippen molar-refractivity contribution in [3.05, 3.63) is 12.1 Å². The zero-order chi connectivity index (χ0) is 14.6. The number of aliphatic carboxylic acids is 1. The van der Waals surface area contributed by atoms with Crippen LogP contribution in [0.2, 0.25) is 0 Å². The van der Waals surface area contributed by atoms with Crippen LogP contribution in [0, 0.1) is 0 Å². The lowest BCUT2D eigenvalue weighted by molar-refractivity contribution is -0.138. The van der Waals surface area contributed by atoms with E-state index in [4.69, 9.17) is 19.3 Å². The van der Waals surface area contributed by atoms with Crippen LogP contribution in [0.25, 0.3) is 0 Å². The minimum Gasteiger partial charge on any atom is -0.496 e. The largest absolute Gasteiger partial charge is 0.496 e. The minimum absolute atomic E-state index is 0.492. The van der Waals surface area contributed by atoms with Crippen molar-refractivity contribution in [2.75, 3.05) is 33.3 Å². The molecule has 1 unspecified atom stereocenters. The van der Waals surface area contributed by atoms with Crippen LogP contribution in [0.4, 0.5) is 5.69 Å². The van der Waals surface area contributed by atoms with E-state index in [2.05, 4.69) is 0 Å². The smallest absolute Gasteiger partial charge is 0.326 e. The third kappa shape index (κ3) is 3.01. The van der Waals surface area contributed by atoms with Gasteiger partial charge in [-0.1, -0.05) is 0 Å². The molecule has 0 fully saturated rings. The van der Waals surface area contributed by atoms with Crippen molar-refractivity contribution in [2.45, 2.75) is 13.0 Å². The molecule has 1 rings (SSSR count). The average molecular weight is 269 g/mol. The van der Waals surface area contributed by atoms with Crippen molar-refractivity contribution >= 4 is 11.7 Å². The van der Waals surface area contributed by atoms with E-state index in [1.54, 1.807) is 31.0 Å². The number of hydrogen-bond acceptors (Lipinski definition) is 5. The summed E-state index contributed by atoms with van der Waals surface area (Å²) in [7, 11) is 6.23. The van der Waals surface area contributed by atoms with Crippen molar-refractivity contribution in [3.8, 4) is 17.2 Å². The number of nitrogens with zero attached hydrogens (tertiary/aromatic N) is 1. The summed E-state index contributed by atoms with van der Waals surface area (Å²) in [5, 5.41) is 9.09. The number of carbonyl (C=O) groups is 1. The fourth-order valence-electron chi connectivity index (χ4n) is 1.69. The number of ether oxygens (including phenoxy) is 3. The zero-order valence-electron chi connectivity index (χ0n) is 11.8. The molecule has 0 bridgehead atoms. The van der Waals surface area contributed by atoms with Gasteiger partial charge < -0.3 is 24.2 Å². The van der Waals surface area contributed by atoms with Crippen molar-refractivity contribution in [3.63, 3.8) is 0 Å². The molecule has 0 saturated carbocycles. The Morgan fingerprint density at radius 2 is 1.63 bits per heavy atom. The fourth-order valence-corrected chi connectivity index (χ4v) is 1.69. The van der Waals surface area contributed by atoms with Crippen LogP contribution in [0.5, 0.6) is 17.2 Å². The highest BCUT2D eigenvalue weighted by Gasteiger charge is 2.24. The van der Waals surface area contributed by atoms with Crippen LogP contribution in [0.15, 0.2) is 12.1 Å². The Bertz CT molecular complexity index is 435. The molecule has 1 aromatic rings. The second kappa shape index (κ2) is 6.17. The van der Waals surface area contributed by atoms with Gasteiger partial charge in [0.2, 0.25) is 0 Å². The molecule has 0 heterocycles. The third-order valence-electron chi connectivity index (χ3n) is 2.98. The van der Waals surface area contributed by atoms with Crippen LogP contribution in [0.3, 0.4) is 0 Å². The quantitative estimate of drug-likeness (QED) is 0.846. The Morgan fingerprint density at radius 3 is 1.95 bits per heavy atom. The summed E-state index contributed by atoms with van der Waals surface area (Å²) in [6.07, 6.45) is 0. The molecular formula is C13H19NO5. The summed E-state index contributed by atoms with van der Waals surface area (Å²) >= 11 is 0. The molecule has 6 nitrogen and oxygen atoms in total. The Balaban J connectivity index is 3.35. The topological polar surface area (TPSA) is 68.2 Å². The molecule has 6 heteroatoms. The Kier molecular flexibility index (Phi) is 4.86. The highest BCUT2D eigenvalue weighted by atomic mass is 16.5. The van der Waals surface area contributed by atoms with Crippen molar-refractivity contribution in [1.82, 2.24) is 0 Å². The first-order valence-electron chi connectivity index (χ1n) is 5.71. The highest BCUT2D eigenvalue weighted by molar-refractivity contribution is 5.81. The number of anilines is 1. The van der Waals surface area contributed by atoms with Gasteiger partial charge in [-0.05, 0) is 6.92 Å². The molecule has 0 saturated heterocycles. The number of methoxy groups -OCH3 is 3. The lowest BCUT2D eigenvalue weighted by Crippen LogP contribution is -2.36.